The minimum Gasteiger partial charge on any atom is -0.481 e. The van der Waals surface area contributed by atoms with E-state index in [1.165, 1.54) is 35.2 Å². The van der Waals surface area contributed by atoms with Crippen LogP contribution >= 0.6 is 0 Å². The Morgan fingerprint density at radius 1 is 0.895 bits per heavy atom. The lowest BCUT2D eigenvalue weighted by molar-refractivity contribution is -0.340. The van der Waals surface area contributed by atoms with E-state index in [0.717, 1.165) is 0 Å². The summed E-state index contributed by atoms with van der Waals surface area (Å²) in [5.74, 6) is -4.37. The van der Waals surface area contributed by atoms with Gasteiger partial charge in [0, 0.05) is 60.4 Å². The van der Waals surface area contributed by atoms with Crippen molar-refractivity contribution in [3.8, 4) is 0 Å². The van der Waals surface area contributed by atoms with Gasteiger partial charge in [0.25, 0.3) is 0 Å². The van der Waals surface area contributed by atoms with Gasteiger partial charge in [-0.05, 0) is 51.6 Å². The summed E-state index contributed by atoms with van der Waals surface area (Å²) in [7, 11) is 7.81. The monoisotopic (exact) mass is 819 g/mol. The minimum atomic E-state index is -1.38. The molecule has 0 saturated carbocycles. The minimum absolute atomic E-state index is 0.0549. The zero-order valence-corrected chi connectivity index (χ0v) is 36.3. The van der Waals surface area contributed by atoms with Gasteiger partial charge in [-0.25, -0.2) is 0 Å². The van der Waals surface area contributed by atoms with E-state index in [-0.39, 0.29) is 36.7 Å². The predicted octanol–water partition coefficient (Wildman–Crippen LogP) is 3.75. The average Bonchev–Trinajstić information content (AvgIpc) is 3.11. The van der Waals surface area contributed by atoms with E-state index in [1.54, 1.807) is 20.8 Å². The Balaban J connectivity index is 2.79. The lowest BCUT2D eigenvalue weighted by Crippen LogP contribution is -2.66. The SMILES string of the molecule is CCC(=O)O[C@@H](CC(=O)O)[C@H](OC)[C@@H](O[C@@H]1O[C@H](C)C(O[C@H]2CC(C)(C)C(C)[C@H](C)O2)C(N(C)C)C1OC(C)=O)[C@@H](CC(OC)OC)C[C@@H](C)[C@H](C=O)OC(C)=O. The van der Waals surface area contributed by atoms with Crippen LogP contribution in [-0.2, 0) is 71.3 Å². The largest absolute Gasteiger partial charge is 0.481 e. The van der Waals surface area contributed by atoms with Crippen molar-refractivity contribution in [2.45, 2.75) is 168 Å². The molecular formula is C40H69NO16. The Labute approximate surface area is 337 Å². The highest BCUT2D eigenvalue weighted by Gasteiger charge is 2.53. The second-order valence-electron chi connectivity index (χ2n) is 16.2. The lowest BCUT2D eigenvalue weighted by Gasteiger charge is -2.51. The highest BCUT2D eigenvalue weighted by molar-refractivity contribution is 5.71. The highest BCUT2D eigenvalue weighted by Crippen LogP contribution is 2.43. The first-order valence-electron chi connectivity index (χ1n) is 19.7. The first-order chi connectivity index (χ1) is 26.6. The quantitative estimate of drug-likeness (QED) is 0.0675. The van der Waals surface area contributed by atoms with Gasteiger partial charge in [-0.2, -0.15) is 0 Å². The molecule has 0 aromatic heterocycles. The van der Waals surface area contributed by atoms with E-state index in [4.69, 9.17) is 47.4 Å². The summed E-state index contributed by atoms with van der Waals surface area (Å²) >= 11 is 0. The molecule has 0 aliphatic carbocycles. The number of hydrogen-bond acceptors (Lipinski definition) is 16. The van der Waals surface area contributed by atoms with Crippen LogP contribution in [0.25, 0.3) is 0 Å². The fourth-order valence-corrected chi connectivity index (χ4v) is 7.85. The molecule has 0 bridgehead atoms. The van der Waals surface area contributed by atoms with E-state index in [1.807, 2.05) is 25.9 Å². The topological polar surface area (TPSA) is 201 Å². The van der Waals surface area contributed by atoms with Crippen LogP contribution < -0.4 is 0 Å². The number of aliphatic carboxylic acids is 1. The molecule has 0 amide bonds. The van der Waals surface area contributed by atoms with Gasteiger partial charge in [-0.15, -0.1) is 0 Å². The number of esters is 3. The van der Waals surface area contributed by atoms with Crippen LogP contribution in [0.15, 0.2) is 0 Å². The van der Waals surface area contributed by atoms with Crippen LogP contribution in [0.1, 0.15) is 94.4 Å². The Morgan fingerprint density at radius 2 is 1.53 bits per heavy atom. The maximum absolute atomic E-state index is 12.9. The molecular weight excluding hydrogens is 750 g/mol. The molecule has 14 atom stereocenters. The molecule has 17 nitrogen and oxygen atoms in total. The molecule has 0 aromatic carbocycles. The molecule has 2 heterocycles. The maximum Gasteiger partial charge on any atom is 0.307 e. The number of likely N-dealkylation sites (N-methyl/N-ethyl adjacent to an activating group) is 1. The van der Waals surface area contributed by atoms with Gasteiger partial charge in [0.05, 0.1) is 30.8 Å². The van der Waals surface area contributed by atoms with E-state index in [9.17, 15) is 29.1 Å². The normalized spacial score (nSPS) is 29.4. The van der Waals surface area contributed by atoms with E-state index in [2.05, 4.69) is 20.8 Å². The summed E-state index contributed by atoms with van der Waals surface area (Å²) in [5, 5.41) is 9.98. The molecule has 4 unspecified atom stereocenters. The molecule has 1 N–H and O–H groups in total. The number of rotatable bonds is 23. The molecule has 0 aromatic rings. The molecule has 2 saturated heterocycles. The van der Waals surface area contributed by atoms with Gasteiger partial charge in [0.15, 0.2) is 37.4 Å². The standard InChI is InChI=1S/C40H69NO16/c1-15-31(47)55-28(18-30(45)46)37(50-14)36(27(17-32(48-12)49-13)16-21(2)29(20-42)53-25(6)43)57-39-38(54-26(7)44)34(41(10)11)35(24(5)52-39)56-33-19-40(8,9)22(3)23(4)51-33/h20-24,27-29,32-39H,15-19H2,1-14H3,(H,45,46)/t21-,22?,23+,24-,27-,28+,29+,33+,34?,35?,36+,37+,38?,39+/m1/s1. The fraction of sp³-hybridized carbons (Fsp3) is 0.875. The molecule has 0 spiro atoms. The number of nitrogens with zero attached hydrogens (tertiary/aromatic N) is 1. The van der Waals surface area contributed by atoms with Crippen molar-refractivity contribution in [1.82, 2.24) is 4.90 Å². The summed E-state index contributed by atoms with van der Waals surface area (Å²) in [6, 6.07) is -0.662. The summed E-state index contributed by atoms with van der Waals surface area (Å²) in [4.78, 5) is 63.8. The van der Waals surface area contributed by atoms with Crippen LogP contribution in [0.4, 0.5) is 0 Å². The van der Waals surface area contributed by atoms with Crippen LogP contribution in [0.2, 0.25) is 0 Å². The Kier molecular flexibility index (Phi) is 20.4. The first-order valence-corrected chi connectivity index (χ1v) is 19.7. The number of aldehydes is 1. The number of methoxy groups -OCH3 is 3. The third-order valence-electron chi connectivity index (χ3n) is 11.3. The van der Waals surface area contributed by atoms with Crippen LogP contribution in [0.3, 0.4) is 0 Å². The second kappa shape index (κ2) is 23.1. The number of carboxylic acids is 1. The van der Waals surface area contributed by atoms with Crippen molar-refractivity contribution in [3.05, 3.63) is 0 Å². The summed E-state index contributed by atoms with van der Waals surface area (Å²) < 4.78 is 60.7. The van der Waals surface area contributed by atoms with Crippen LogP contribution in [0, 0.1) is 23.2 Å². The molecule has 0 radical (unpaired) electrons. The van der Waals surface area contributed by atoms with Crippen molar-refractivity contribution in [2.75, 3.05) is 35.4 Å². The van der Waals surface area contributed by atoms with E-state index in [0.29, 0.717) is 12.7 Å². The molecule has 17 heteroatoms. The molecule has 330 valence electrons. The van der Waals surface area contributed by atoms with Crippen molar-refractivity contribution in [1.29, 1.82) is 0 Å². The third kappa shape index (κ3) is 14.5. The zero-order chi connectivity index (χ0) is 43.4. The van der Waals surface area contributed by atoms with Crippen molar-refractivity contribution < 1.29 is 76.4 Å². The fourth-order valence-electron chi connectivity index (χ4n) is 7.85. The van der Waals surface area contributed by atoms with Gasteiger partial charge in [0.2, 0.25) is 0 Å². The Morgan fingerprint density at radius 3 is 2.00 bits per heavy atom. The van der Waals surface area contributed by atoms with E-state index >= 15 is 0 Å². The summed E-state index contributed by atoms with van der Waals surface area (Å²) in [6.45, 7) is 16.0. The number of carbonyl (C=O) groups excluding carboxylic acids is 4. The number of carboxylic acid groups (broad SMARTS) is 1. The van der Waals surface area contributed by atoms with Gasteiger partial charge >= 0.3 is 23.9 Å². The highest BCUT2D eigenvalue weighted by atomic mass is 16.7. The Bertz CT molecular complexity index is 1290. The van der Waals surface area contributed by atoms with Gasteiger partial charge in [-0.1, -0.05) is 34.6 Å². The van der Waals surface area contributed by atoms with Gasteiger partial charge in [-0.3, -0.25) is 24.0 Å². The van der Waals surface area contributed by atoms with Crippen LogP contribution in [-0.4, -0.2) is 149 Å². The van der Waals surface area contributed by atoms with Gasteiger partial charge < -0.3 is 57.4 Å². The number of ether oxygens (including phenoxy) is 10. The first kappa shape index (κ1) is 50.4. The second-order valence-corrected chi connectivity index (χ2v) is 16.2. The molecule has 2 aliphatic rings. The van der Waals surface area contributed by atoms with Crippen molar-refractivity contribution in [2.24, 2.45) is 23.2 Å². The lowest BCUT2D eigenvalue weighted by atomic mass is 9.73. The molecule has 2 rings (SSSR count). The summed E-state index contributed by atoms with van der Waals surface area (Å²) in [5.41, 5.74) is -0.0987. The third-order valence-corrected chi connectivity index (χ3v) is 11.3. The molecule has 2 fully saturated rings. The van der Waals surface area contributed by atoms with Crippen molar-refractivity contribution >= 4 is 30.2 Å². The molecule has 57 heavy (non-hydrogen) atoms. The van der Waals surface area contributed by atoms with Crippen LogP contribution in [0.5, 0.6) is 0 Å². The summed E-state index contributed by atoms with van der Waals surface area (Å²) in [6.07, 6.45) is -9.82. The van der Waals surface area contributed by atoms with Crippen molar-refractivity contribution in [3.63, 3.8) is 0 Å². The maximum atomic E-state index is 12.9. The predicted molar refractivity (Wildman–Crippen MR) is 204 cm³/mol. The zero-order valence-electron chi connectivity index (χ0n) is 36.3. The number of hydrogen-bond donors (Lipinski definition) is 1. The van der Waals surface area contributed by atoms with Gasteiger partial charge in [0.1, 0.15) is 18.3 Å². The smallest absolute Gasteiger partial charge is 0.307 e. The molecule has 2 aliphatic heterocycles. The number of carbonyl (C=O) groups is 5. The Hall–Kier alpha value is -2.77. The van der Waals surface area contributed by atoms with E-state index < -0.39 is 110 Å². The average molecular weight is 820 g/mol.